The molecule has 146 heavy (non-hydrogen) atoms. The maximum absolute atomic E-state index is 12.8. The molecule has 0 radical (unpaired) electrons. The van der Waals surface area contributed by atoms with Crippen molar-refractivity contribution in [3.8, 4) is 62.1 Å². The van der Waals surface area contributed by atoms with Gasteiger partial charge in [0, 0.05) is 136 Å². The largest absolute Gasteiger partial charge is 0.498 e. The van der Waals surface area contributed by atoms with Gasteiger partial charge in [0.25, 0.3) is 0 Å². The fourth-order valence-electron chi connectivity index (χ4n) is 13.2. The molecule has 7 aromatic heterocycles. The van der Waals surface area contributed by atoms with Crippen molar-refractivity contribution < 1.29 is 84.5 Å². The van der Waals surface area contributed by atoms with Gasteiger partial charge in [-0.1, -0.05) is 93.9 Å². The Morgan fingerprint density at radius 2 is 1.03 bits per heavy atom. The minimum atomic E-state index is -3.66. The predicted octanol–water partition coefficient (Wildman–Crippen LogP) is 22.4. The SMILES string of the molecule is CC(C)(C)OC(=O)NCc1ncc(Br)s1.CCCCC(CC)COC(=O)CCSc1cc(OC)cc(-c2cnn(C)c2)c1.CCCCC(CC)COC(=O)CCSc1ccc(OC)c(N)c1.COc1ccc(Br)cc1[N+](=O)[O-].COc1ccc(S(=O)(=O)c2cnc(CN)s2)cc1-c1cnn(C)c1.COc1ccc(Sc2cnc(CNC(=O)OC(C)(C)C)s2)cc1-c1cnn(C)c1.Cn1cc(B2OC(C)(C)C(C)(C)O2)cn1. The molecule has 0 aliphatic carbocycles. The zero-order chi connectivity index (χ0) is 108. The lowest BCUT2D eigenvalue weighted by molar-refractivity contribution is -0.385. The van der Waals surface area contributed by atoms with Crippen molar-refractivity contribution in [1.29, 1.82) is 0 Å². The number of rotatable bonds is 39. The highest BCUT2D eigenvalue weighted by Crippen LogP contribution is 2.42. The smallest absolute Gasteiger partial charge is 0.497 e. The van der Waals surface area contributed by atoms with Gasteiger partial charge in [0.2, 0.25) is 9.84 Å². The van der Waals surface area contributed by atoms with E-state index in [4.69, 9.17) is 63.4 Å². The molecule has 1 fully saturated rings. The Kier molecular flexibility index (Phi) is 50.4. The average Bonchev–Trinajstić information content (AvgIpc) is 1.62. The van der Waals surface area contributed by atoms with E-state index < -0.39 is 38.1 Å². The van der Waals surface area contributed by atoms with E-state index in [0.29, 0.717) is 94.7 Å². The van der Waals surface area contributed by atoms with Gasteiger partial charge in [0.15, 0.2) is 5.75 Å². The molecule has 794 valence electrons. The summed E-state index contributed by atoms with van der Waals surface area (Å²) in [5.74, 6) is 5.24. The Morgan fingerprint density at radius 1 is 0.548 bits per heavy atom. The molecule has 35 nitrogen and oxygen atoms in total. The van der Waals surface area contributed by atoms with Crippen molar-refractivity contribution in [2.75, 3.05) is 66.0 Å². The Morgan fingerprint density at radius 3 is 1.49 bits per heavy atom. The number of carbonyl (C=O) groups excluding carboxylic acids is 4. The molecule has 2 amide bonds. The molecule has 0 bridgehead atoms. The van der Waals surface area contributed by atoms with E-state index in [0.717, 1.165) is 114 Å². The number of thiazole rings is 3. The van der Waals surface area contributed by atoms with Crippen molar-refractivity contribution in [2.45, 2.75) is 231 Å². The molecule has 0 saturated carbocycles. The number of hydrogen-bond acceptors (Lipinski definition) is 34. The van der Waals surface area contributed by atoms with Gasteiger partial charge in [-0.2, -0.15) is 20.4 Å². The molecule has 1 aliphatic rings. The number of amides is 2. The molecule has 1 saturated heterocycles. The monoisotopic (exact) mass is 2270 g/mol. The van der Waals surface area contributed by atoms with E-state index in [1.807, 2.05) is 170 Å². The lowest BCUT2D eigenvalue weighted by Gasteiger charge is -2.32. The van der Waals surface area contributed by atoms with E-state index >= 15 is 0 Å². The number of nitrogens with one attached hydrogen (secondary N) is 2. The topological polar surface area (TPSA) is 433 Å². The summed E-state index contributed by atoms with van der Waals surface area (Å²) < 4.78 is 94.6. The number of nitrogens with two attached hydrogens (primary N) is 2. The minimum absolute atomic E-state index is 0.0353. The Balaban J connectivity index is 0.000000235. The number of carbonyl (C=O) groups is 4. The lowest BCUT2D eigenvalue weighted by Crippen LogP contribution is -2.41. The average molecular weight is 2270 g/mol. The number of benzene rings is 5. The predicted molar refractivity (Wildman–Crippen MR) is 586 cm³/mol. The maximum atomic E-state index is 12.8. The molecule has 5 aromatic carbocycles. The summed E-state index contributed by atoms with van der Waals surface area (Å²) in [4.78, 5) is 72.7. The van der Waals surface area contributed by atoms with Crippen LogP contribution < -0.4 is 51.2 Å². The first-order valence-electron chi connectivity index (χ1n) is 47.1. The molecule has 2 atom stereocenters. The second-order valence-corrected chi connectivity index (χ2v) is 47.5. The summed E-state index contributed by atoms with van der Waals surface area (Å²) in [7, 11) is 11.4. The number of aromatic nitrogens is 11. The molecule has 2 unspecified atom stereocenters. The highest BCUT2D eigenvalue weighted by atomic mass is 79.9. The van der Waals surface area contributed by atoms with Crippen LogP contribution in [0.3, 0.4) is 0 Å². The summed E-state index contributed by atoms with van der Waals surface area (Å²) in [5.41, 5.74) is 16.9. The van der Waals surface area contributed by atoms with Crippen molar-refractivity contribution in [3.05, 3.63) is 193 Å². The molecular weight excluding hydrogens is 2140 g/mol. The van der Waals surface area contributed by atoms with E-state index in [-0.39, 0.29) is 57.3 Å². The zero-order valence-corrected chi connectivity index (χ0v) is 96.0. The Labute approximate surface area is 898 Å². The van der Waals surface area contributed by atoms with Crippen LogP contribution in [-0.2, 0) is 95.5 Å². The number of hydrogen-bond donors (Lipinski definition) is 4. The van der Waals surface area contributed by atoms with Gasteiger partial charge in [-0.3, -0.25) is 38.4 Å². The van der Waals surface area contributed by atoms with Crippen LogP contribution in [0.4, 0.5) is 21.0 Å². The van der Waals surface area contributed by atoms with Crippen molar-refractivity contribution >= 4 is 159 Å². The molecular formula is C101H137BBr2N16O19S7. The number of unbranched alkanes of at least 4 members (excludes halogenated alkanes) is 2. The van der Waals surface area contributed by atoms with Crippen LogP contribution in [0.2, 0.25) is 0 Å². The van der Waals surface area contributed by atoms with Gasteiger partial charge in [-0.15, -0.1) is 57.5 Å². The van der Waals surface area contributed by atoms with Crippen LogP contribution in [0.5, 0.6) is 28.7 Å². The first kappa shape index (κ1) is 122. The first-order chi connectivity index (χ1) is 69.2. The second-order valence-electron chi connectivity index (χ2n) is 36.0. The van der Waals surface area contributed by atoms with Crippen molar-refractivity contribution in [2.24, 2.45) is 45.8 Å². The first-order valence-corrected chi connectivity index (χ1v) is 55.4. The number of nitrogen functional groups attached to an aromatic ring is 1. The molecule has 13 rings (SSSR count). The Bertz CT molecular complexity index is 6220. The highest BCUT2D eigenvalue weighted by molar-refractivity contribution is 9.11. The third-order valence-electron chi connectivity index (χ3n) is 21.6. The number of anilines is 1. The molecule has 1 aliphatic heterocycles. The summed E-state index contributed by atoms with van der Waals surface area (Å²) in [5, 5.41) is 34.8. The maximum Gasteiger partial charge on any atom is 0.498 e. The summed E-state index contributed by atoms with van der Waals surface area (Å²) in [6.07, 6.45) is 28.7. The fourth-order valence-corrected chi connectivity index (χ4v) is 21.0. The zero-order valence-electron chi connectivity index (χ0n) is 87.2. The molecule has 45 heteroatoms. The van der Waals surface area contributed by atoms with E-state index in [2.05, 4.69) is 118 Å². The van der Waals surface area contributed by atoms with Crippen molar-refractivity contribution in [1.82, 2.24) is 64.7 Å². The van der Waals surface area contributed by atoms with E-state index in [1.165, 1.54) is 73.8 Å². The van der Waals surface area contributed by atoms with Crippen LogP contribution in [0.1, 0.15) is 176 Å². The standard InChI is InChI=1S/C22H32N2O3S.C20H24N4O3S2.C18H29NO3S.C15H16N4O3S2.C10H17BN2O2.C9H13BrN2O2S.C7H6BrNO3/c1-5-7-8-17(6-2)16-27-22(25)9-10-28-21-12-18(11-20(13-21)26-4)19-14-23-24(3)15-19;1-20(2,3)27-19(25)22-10-17-21-11-18(29-17)28-14-6-7-16(26-5)15(8-14)13-9-23-24(4)12-13;1-4-6-7-14(5-2)13-22-18(20)10-11-23-15-8-9-17(21-3)16(19)12-15;1-19-9-10(7-18-19)12-5-11(3-4-13(12)22-2)24(20,21)15-8-17-14(6-16)23-15;1-9(2)10(3,4)15-11(14-9)8-6-12-13(5)7-8;1-9(2,3)14-8(13)12-5-7-11-4-6(10)15-7;1-12-7-3-2-5(8)4-6(7)9(10)11/h11-15,17H,5-10,16H2,1-4H3;6-9,11-12H,10H2,1-5H3,(H,22,25);8-9,12,14H,4-7,10-11,13,19H2,1-3H3;3-5,7-9H,6,16H2,1-2H3;6-7H,1-5H3;4H,5H2,1-3H3,(H,12,13);2-4H,1H3. The van der Waals surface area contributed by atoms with E-state index in [1.54, 1.807) is 139 Å². The quantitative estimate of drug-likeness (QED) is 0.00529. The Hall–Kier alpha value is -10.6. The number of esters is 2. The number of thioether (sulfide) groups is 2. The van der Waals surface area contributed by atoms with Gasteiger partial charge >= 0.3 is 36.9 Å². The number of sulfone groups is 1. The summed E-state index contributed by atoms with van der Waals surface area (Å²) in [6.45, 7) is 29.9. The molecule has 6 N–H and O–H groups in total. The normalized spacial score (nSPS) is 12.7. The number of halogens is 2. The number of nitro benzene ring substituents is 1. The molecule has 8 heterocycles. The van der Waals surface area contributed by atoms with Crippen LogP contribution >= 0.6 is 101 Å². The van der Waals surface area contributed by atoms with Gasteiger partial charge in [0.1, 0.15) is 53.4 Å². The van der Waals surface area contributed by atoms with Crippen LogP contribution in [0, 0.1) is 22.0 Å². The number of nitro groups is 1. The third kappa shape index (κ3) is 41.5. The van der Waals surface area contributed by atoms with Crippen LogP contribution in [0.15, 0.2) is 195 Å². The van der Waals surface area contributed by atoms with Crippen molar-refractivity contribution in [3.63, 3.8) is 0 Å². The van der Waals surface area contributed by atoms with Gasteiger partial charge < -0.3 is 74.0 Å². The molecule has 0 spiro atoms. The fraction of sp³-hybridized carbons (Fsp3) is 0.455. The lowest BCUT2D eigenvalue weighted by atomic mass is 9.82. The highest BCUT2D eigenvalue weighted by Gasteiger charge is 2.52. The van der Waals surface area contributed by atoms with Crippen LogP contribution in [0.25, 0.3) is 33.4 Å². The van der Waals surface area contributed by atoms with Gasteiger partial charge in [-0.05, 0) is 200 Å². The summed E-state index contributed by atoms with van der Waals surface area (Å²) >= 11 is 15.4. The van der Waals surface area contributed by atoms with Gasteiger partial charge in [-0.25, -0.2) is 33.0 Å². The number of methoxy groups -OCH3 is 5. The third-order valence-corrected chi connectivity index (χ3v) is 30.9. The van der Waals surface area contributed by atoms with Crippen LogP contribution in [-0.4, -0.2) is 181 Å². The second kappa shape index (κ2) is 60.2. The number of aryl methyl sites for hydroxylation is 4. The molecule has 12 aromatic rings. The number of alkyl carbamates (subject to hydrolysis) is 2. The van der Waals surface area contributed by atoms with Gasteiger partial charge in [0.05, 0.1) is 147 Å². The number of ether oxygens (including phenoxy) is 9. The minimum Gasteiger partial charge on any atom is -0.497 e. The number of nitrogens with zero attached hydrogens (tertiary/aromatic N) is 12. The van der Waals surface area contributed by atoms with E-state index in [9.17, 15) is 37.7 Å². The summed E-state index contributed by atoms with van der Waals surface area (Å²) in [6, 6.07) is 27.2.